The van der Waals surface area contributed by atoms with Crippen molar-refractivity contribution in [3.8, 4) is 0 Å². The van der Waals surface area contributed by atoms with Gasteiger partial charge < -0.3 is 0 Å². The van der Waals surface area contributed by atoms with Crippen molar-refractivity contribution in [2.75, 3.05) is 0 Å². The van der Waals surface area contributed by atoms with E-state index in [1.807, 2.05) is 74.5 Å². The molecule has 2 aromatic rings. The summed E-state index contributed by atoms with van der Waals surface area (Å²) in [7, 11) is 0. The van der Waals surface area contributed by atoms with Crippen molar-refractivity contribution in [3.63, 3.8) is 0 Å². The summed E-state index contributed by atoms with van der Waals surface area (Å²) in [6.07, 6.45) is -0.160. The van der Waals surface area contributed by atoms with Gasteiger partial charge in [0.1, 0.15) is 0 Å². The molecule has 0 N–H and O–H groups in total. The van der Waals surface area contributed by atoms with Crippen molar-refractivity contribution in [1.29, 1.82) is 0 Å². The third-order valence-corrected chi connectivity index (χ3v) is 4.30. The second-order valence-corrected chi connectivity index (χ2v) is 6.11. The summed E-state index contributed by atoms with van der Waals surface area (Å²) in [5.41, 5.74) is 2.08. The number of hydrogen-bond donors (Lipinski definition) is 0. The van der Waals surface area contributed by atoms with Gasteiger partial charge in [-0.15, -0.1) is 0 Å². The first-order valence-corrected chi connectivity index (χ1v) is 8.37. The van der Waals surface area contributed by atoms with E-state index in [1.54, 1.807) is 0 Å². The Morgan fingerprint density at radius 1 is 0.682 bits per heavy atom. The van der Waals surface area contributed by atoms with Crippen LogP contribution in [0.15, 0.2) is 60.7 Å². The number of rotatable bonds is 7. The van der Waals surface area contributed by atoms with Crippen LogP contribution in [0.2, 0.25) is 0 Å². The minimum atomic E-state index is -0.0801. The Morgan fingerprint density at radius 3 is 1.32 bits per heavy atom. The Bertz CT molecular complexity index is 569. The molecule has 0 bridgehead atoms. The standard InChI is InChI=1S/C18H18O2.2Cr/c1-15(19-13-17-9-5-3-6-10-17)16(2)20-14-18-11-7-4-8-12-18;;/h3-12,15-16H,1-2H3;;/t15-,16-;;/m1../s1. The summed E-state index contributed by atoms with van der Waals surface area (Å²) >= 11 is 5.98. The quantitative estimate of drug-likeness (QED) is 0.745. The van der Waals surface area contributed by atoms with Gasteiger partial charge in [0, 0.05) is 0 Å². The fraction of sp³-hybridized carbons (Fsp3) is 0.222. The molecule has 0 aliphatic carbocycles. The summed E-state index contributed by atoms with van der Waals surface area (Å²) in [5, 5.41) is 0. The zero-order chi connectivity index (χ0) is 15.9. The number of ether oxygens (including phenoxy) is 2. The monoisotopic (exact) mass is 370 g/mol. The first-order valence-electron chi connectivity index (χ1n) is 7.10. The summed E-state index contributed by atoms with van der Waals surface area (Å²) in [5.74, 6) is 0. The van der Waals surface area contributed by atoms with Gasteiger partial charge in [-0.25, -0.2) is 0 Å². The fourth-order valence-corrected chi connectivity index (χ4v) is 2.71. The average Bonchev–Trinajstić information content (AvgIpc) is 2.56. The van der Waals surface area contributed by atoms with Crippen LogP contribution in [0.5, 0.6) is 0 Å². The summed E-state index contributed by atoms with van der Waals surface area (Å²) in [6, 6.07) is 20.0. The van der Waals surface area contributed by atoms with Gasteiger partial charge >= 0.3 is 148 Å². The molecule has 2 nitrogen and oxygen atoms in total. The van der Waals surface area contributed by atoms with E-state index >= 15 is 0 Å². The average molecular weight is 370 g/mol. The normalized spacial score (nSPS) is 13.4. The molecule has 0 aliphatic rings. The van der Waals surface area contributed by atoms with E-state index in [1.165, 1.54) is 0 Å². The van der Waals surface area contributed by atoms with Gasteiger partial charge in [0.05, 0.1) is 0 Å². The molecule has 0 spiro atoms. The van der Waals surface area contributed by atoms with E-state index in [0.29, 0.717) is 0 Å². The van der Waals surface area contributed by atoms with E-state index in [-0.39, 0.29) is 12.2 Å². The van der Waals surface area contributed by atoms with Crippen molar-refractivity contribution in [2.24, 2.45) is 0 Å². The van der Waals surface area contributed by atoms with E-state index < -0.39 is 0 Å². The van der Waals surface area contributed by atoms with Crippen LogP contribution in [0.3, 0.4) is 0 Å². The van der Waals surface area contributed by atoms with Crippen LogP contribution in [-0.4, -0.2) is 21.3 Å². The van der Waals surface area contributed by atoms with Crippen LogP contribution in [0, 0.1) is 0 Å². The van der Waals surface area contributed by atoms with Crippen LogP contribution in [0.4, 0.5) is 0 Å². The molecule has 2 rings (SSSR count). The Hall–Kier alpha value is -0.835. The predicted octanol–water partition coefficient (Wildman–Crippen LogP) is 3.25. The van der Waals surface area contributed by atoms with Crippen LogP contribution < -0.4 is 0 Å². The maximum atomic E-state index is 5.94. The molecule has 2 aromatic carbocycles. The van der Waals surface area contributed by atoms with Crippen LogP contribution >= 0.6 is 0 Å². The van der Waals surface area contributed by atoms with Gasteiger partial charge in [-0.2, -0.15) is 0 Å². The topological polar surface area (TPSA) is 18.5 Å². The minimum absolute atomic E-state index is 0.0801. The Labute approximate surface area is 148 Å². The van der Waals surface area contributed by atoms with E-state index in [4.69, 9.17) is 9.47 Å². The second-order valence-electron chi connectivity index (χ2n) is 4.95. The number of hydrogen-bond acceptors (Lipinski definition) is 2. The van der Waals surface area contributed by atoms with Crippen molar-refractivity contribution in [1.82, 2.24) is 0 Å². The molecule has 114 valence electrons. The molecule has 0 fully saturated rings. The van der Waals surface area contributed by atoms with Crippen LogP contribution in [0.1, 0.15) is 25.0 Å². The van der Waals surface area contributed by atoms with E-state index in [0.717, 1.165) is 20.3 Å². The molecule has 0 amide bonds. The molecule has 0 heterocycles. The van der Waals surface area contributed by atoms with Gasteiger partial charge in [-0.05, 0) is 0 Å². The Balaban J connectivity index is 1.91. The van der Waals surface area contributed by atoms with E-state index in [2.05, 4.69) is 31.7 Å². The Morgan fingerprint density at radius 2 is 1.00 bits per heavy atom. The van der Waals surface area contributed by atoms with Gasteiger partial charge in [0.2, 0.25) is 0 Å². The summed E-state index contributed by atoms with van der Waals surface area (Å²) in [4.78, 5) is 0. The zero-order valence-electron chi connectivity index (χ0n) is 12.6. The third-order valence-electron chi connectivity index (χ3n) is 3.27. The van der Waals surface area contributed by atoms with Crippen molar-refractivity contribution < 1.29 is 41.2 Å². The maximum absolute atomic E-state index is 5.94. The van der Waals surface area contributed by atoms with Gasteiger partial charge in [0.15, 0.2) is 0 Å². The summed E-state index contributed by atoms with van der Waals surface area (Å²) < 4.78 is 13.5. The molecule has 0 radical (unpaired) electrons. The molecular weight excluding hydrogens is 352 g/mol. The third kappa shape index (κ3) is 5.11. The Kier molecular flexibility index (Phi) is 6.93. The molecule has 0 aliphatic heterocycles. The molecule has 4 heteroatoms. The molecule has 22 heavy (non-hydrogen) atoms. The van der Waals surface area contributed by atoms with Crippen molar-refractivity contribution in [2.45, 2.75) is 26.1 Å². The molecular formula is C18H18Cr2O2. The van der Waals surface area contributed by atoms with Crippen LogP contribution in [-0.2, 0) is 41.2 Å². The first kappa shape index (κ1) is 17.5. The zero-order valence-corrected chi connectivity index (χ0v) is 15.1. The second kappa shape index (κ2) is 8.71. The SMILES string of the molecule is C[C@@H](O[C](=[Cr])c1ccccc1)[C@@H](C)O[C](=[Cr])c1ccccc1. The fourth-order valence-electron chi connectivity index (χ4n) is 1.81. The number of benzene rings is 2. The summed E-state index contributed by atoms with van der Waals surface area (Å²) in [6.45, 7) is 4.01. The predicted molar refractivity (Wildman–Crippen MR) is 82.2 cm³/mol. The molecule has 0 aromatic heterocycles. The van der Waals surface area contributed by atoms with Gasteiger partial charge in [-0.3, -0.25) is 0 Å². The van der Waals surface area contributed by atoms with Crippen molar-refractivity contribution in [3.05, 3.63) is 71.8 Å². The van der Waals surface area contributed by atoms with Crippen molar-refractivity contribution >= 4 is 9.13 Å². The molecule has 2 atom stereocenters. The first-order chi connectivity index (χ1) is 10.6. The van der Waals surface area contributed by atoms with E-state index in [9.17, 15) is 0 Å². The van der Waals surface area contributed by atoms with Gasteiger partial charge in [-0.1, -0.05) is 0 Å². The van der Waals surface area contributed by atoms with Crippen LogP contribution in [0.25, 0.3) is 0 Å². The van der Waals surface area contributed by atoms with Gasteiger partial charge in [0.25, 0.3) is 0 Å². The molecule has 0 unspecified atom stereocenters. The molecule has 0 saturated heterocycles. The molecule has 0 saturated carbocycles.